The molecule has 1 aromatic heterocycles. The molecule has 0 saturated carbocycles. The summed E-state index contributed by atoms with van der Waals surface area (Å²) in [4.78, 5) is 13.8. The number of piperazine rings is 1. The van der Waals surface area contributed by atoms with E-state index in [0.29, 0.717) is 24.1 Å². The summed E-state index contributed by atoms with van der Waals surface area (Å²) in [5.41, 5.74) is 0.933. The fourth-order valence-corrected chi connectivity index (χ4v) is 4.73. The van der Waals surface area contributed by atoms with Crippen LogP contribution in [0.4, 0.5) is 4.39 Å². The van der Waals surface area contributed by atoms with Gasteiger partial charge in [-0.1, -0.05) is 22.0 Å². The molecule has 1 fully saturated rings. The van der Waals surface area contributed by atoms with E-state index in [1.165, 1.54) is 28.6 Å². The first-order valence-electron chi connectivity index (χ1n) is 8.74. The molecule has 0 N–H and O–H groups in total. The normalized spacial score (nSPS) is 16.2. The summed E-state index contributed by atoms with van der Waals surface area (Å²) in [5, 5.41) is -0.273. The molecule has 152 valence electrons. The summed E-state index contributed by atoms with van der Waals surface area (Å²) in [6.07, 6.45) is 0. The minimum Gasteiger partial charge on any atom is -0.460 e. The number of hydrogen-bond donors (Lipinski definition) is 0. The Morgan fingerprint density at radius 1 is 1.21 bits per heavy atom. The van der Waals surface area contributed by atoms with Gasteiger partial charge in [0.2, 0.25) is 10.9 Å². The molecule has 28 heavy (non-hydrogen) atoms. The van der Waals surface area contributed by atoms with E-state index in [4.69, 9.17) is 9.15 Å². The Hall–Kier alpha value is -1.75. The van der Waals surface area contributed by atoms with Gasteiger partial charge in [0.25, 0.3) is 10.0 Å². The molecule has 0 radical (unpaired) electrons. The number of halogens is 2. The number of carbonyl (C=O) groups excluding carboxylic acids is 1. The van der Waals surface area contributed by atoms with Crippen molar-refractivity contribution in [3.63, 3.8) is 0 Å². The van der Waals surface area contributed by atoms with Crippen LogP contribution in [0.15, 0.2) is 44.3 Å². The largest absolute Gasteiger partial charge is 0.460 e. The number of nitrogens with zero attached hydrogens (tertiary/aromatic N) is 2. The summed E-state index contributed by atoms with van der Waals surface area (Å²) in [6.45, 7) is 4.04. The monoisotopic (exact) mass is 474 g/mol. The van der Waals surface area contributed by atoms with Gasteiger partial charge in [0.1, 0.15) is 5.82 Å². The molecule has 0 bridgehead atoms. The van der Waals surface area contributed by atoms with E-state index in [1.807, 2.05) is 0 Å². The van der Waals surface area contributed by atoms with Gasteiger partial charge < -0.3 is 9.15 Å². The van der Waals surface area contributed by atoms with Crippen LogP contribution in [0.2, 0.25) is 0 Å². The van der Waals surface area contributed by atoms with Crippen molar-refractivity contribution in [3.05, 3.63) is 51.9 Å². The Labute approximate surface area is 171 Å². The lowest BCUT2D eigenvalue weighted by Crippen LogP contribution is -2.48. The average Bonchev–Trinajstić information content (AvgIpc) is 3.16. The first kappa shape index (κ1) is 21.0. The second kappa shape index (κ2) is 8.73. The highest BCUT2D eigenvalue weighted by Crippen LogP contribution is 2.23. The van der Waals surface area contributed by atoms with Gasteiger partial charge in [-0.25, -0.2) is 17.6 Å². The molecule has 2 aromatic rings. The van der Waals surface area contributed by atoms with Crippen molar-refractivity contribution in [3.8, 4) is 0 Å². The lowest BCUT2D eigenvalue weighted by Gasteiger charge is -2.33. The summed E-state index contributed by atoms with van der Waals surface area (Å²) in [7, 11) is -3.83. The maximum absolute atomic E-state index is 13.2. The molecule has 0 atom stereocenters. The molecule has 2 heterocycles. The topological polar surface area (TPSA) is 80.1 Å². The molecule has 1 aliphatic heterocycles. The molecule has 0 unspecified atom stereocenters. The zero-order valence-corrected chi connectivity index (χ0v) is 17.6. The van der Waals surface area contributed by atoms with Crippen LogP contribution in [-0.4, -0.2) is 56.4 Å². The maximum atomic E-state index is 13.2. The van der Waals surface area contributed by atoms with E-state index in [9.17, 15) is 17.6 Å². The van der Waals surface area contributed by atoms with Gasteiger partial charge in [-0.3, -0.25) is 4.90 Å². The van der Waals surface area contributed by atoms with Gasteiger partial charge >= 0.3 is 5.97 Å². The van der Waals surface area contributed by atoms with Gasteiger partial charge in [0.05, 0.1) is 6.61 Å². The van der Waals surface area contributed by atoms with Gasteiger partial charge in [0.15, 0.2) is 0 Å². The third-order valence-electron chi connectivity index (χ3n) is 4.39. The number of hydrogen-bond acceptors (Lipinski definition) is 6. The molecule has 1 saturated heterocycles. The number of benzene rings is 1. The van der Waals surface area contributed by atoms with Crippen LogP contribution in [0.3, 0.4) is 0 Å². The smallest absolute Gasteiger partial charge is 0.374 e. The van der Waals surface area contributed by atoms with Gasteiger partial charge in [-0.15, -0.1) is 0 Å². The summed E-state index contributed by atoms with van der Waals surface area (Å²) < 4.78 is 50.7. The molecular weight excluding hydrogens is 455 g/mol. The minimum atomic E-state index is -3.83. The zero-order chi connectivity index (χ0) is 20.3. The number of carbonyl (C=O) groups is 1. The minimum absolute atomic E-state index is 0.139. The van der Waals surface area contributed by atoms with Crippen LogP contribution < -0.4 is 0 Å². The van der Waals surface area contributed by atoms with Crippen molar-refractivity contribution < 1.29 is 26.8 Å². The highest BCUT2D eigenvalue weighted by molar-refractivity contribution is 9.10. The Morgan fingerprint density at radius 2 is 1.93 bits per heavy atom. The van der Waals surface area contributed by atoms with Gasteiger partial charge in [-0.05, 0) is 36.8 Å². The maximum Gasteiger partial charge on any atom is 0.374 e. The highest BCUT2D eigenvalue weighted by atomic mass is 79.9. The zero-order valence-electron chi connectivity index (χ0n) is 15.2. The second-order valence-corrected chi connectivity index (χ2v) is 8.98. The Morgan fingerprint density at radius 3 is 2.57 bits per heavy atom. The fraction of sp³-hybridized carbons (Fsp3) is 0.389. The molecule has 10 heteroatoms. The van der Waals surface area contributed by atoms with Crippen molar-refractivity contribution in [1.82, 2.24) is 9.21 Å². The molecule has 7 nitrogen and oxygen atoms in total. The number of ether oxygens (including phenoxy) is 1. The number of esters is 1. The number of furan rings is 1. The molecule has 1 aromatic carbocycles. The van der Waals surface area contributed by atoms with Gasteiger partial charge in [-0.2, -0.15) is 4.31 Å². The van der Waals surface area contributed by atoms with E-state index < -0.39 is 16.0 Å². The quantitative estimate of drug-likeness (QED) is 0.598. The van der Waals surface area contributed by atoms with Crippen LogP contribution in [-0.2, 0) is 21.3 Å². The summed E-state index contributed by atoms with van der Waals surface area (Å²) >= 11 is 3.35. The lowest BCUT2D eigenvalue weighted by molar-refractivity contribution is 0.0483. The third kappa shape index (κ3) is 4.62. The highest BCUT2D eigenvalue weighted by Gasteiger charge is 2.31. The Kier molecular flexibility index (Phi) is 6.54. The SMILES string of the molecule is CCOC(=O)c1ccc(S(=O)(=O)N2CCN(Cc3ccc(F)cc3Br)CC2)o1. The Bertz CT molecular complexity index is 955. The summed E-state index contributed by atoms with van der Waals surface area (Å²) in [5.74, 6) is -1.15. The molecular formula is C18H20BrFN2O5S. The van der Waals surface area contributed by atoms with E-state index in [-0.39, 0.29) is 36.4 Å². The Balaban J connectivity index is 1.63. The van der Waals surface area contributed by atoms with E-state index in [0.717, 1.165) is 5.56 Å². The van der Waals surface area contributed by atoms with E-state index >= 15 is 0 Å². The van der Waals surface area contributed by atoms with Crippen LogP contribution in [0, 0.1) is 5.82 Å². The van der Waals surface area contributed by atoms with Crippen LogP contribution in [0.1, 0.15) is 23.0 Å². The summed E-state index contributed by atoms with van der Waals surface area (Å²) in [6, 6.07) is 7.09. The molecule has 0 amide bonds. The lowest BCUT2D eigenvalue weighted by atomic mass is 10.2. The van der Waals surface area contributed by atoms with Crippen molar-refractivity contribution in [2.75, 3.05) is 32.8 Å². The van der Waals surface area contributed by atoms with Crippen molar-refractivity contribution in [2.24, 2.45) is 0 Å². The third-order valence-corrected chi connectivity index (χ3v) is 6.90. The molecule has 0 aliphatic carbocycles. The van der Waals surface area contributed by atoms with E-state index in [1.54, 1.807) is 13.0 Å². The number of rotatable bonds is 6. The fourth-order valence-electron chi connectivity index (χ4n) is 2.92. The molecule has 3 rings (SSSR count). The predicted molar refractivity (Wildman–Crippen MR) is 103 cm³/mol. The van der Waals surface area contributed by atoms with Crippen molar-refractivity contribution in [2.45, 2.75) is 18.6 Å². The van der Waals surface area contributed by atoms with Crippen LogP contribution >= 0.6 is 15.9 Å². The average molecular weight is 475 g/mol. The van der Waals surface area contributed by atoms with Gasteiger partial charge in [0, 0.05) is 37.2 Å². The van der Waals surface area contributed by atoms with Crippen molar-refractivity contribution >= 4 is 31.9 Å². The first-order chi connectivity index (χ1) is 13.3. The predicted octanol–water partition coefficient (Wildman–Crippen LogP) is 2.86. The molecule has 0 spiro atoms. The standard InChI is InChI=1S/C18H20BrFN2O5S/c1-2-26-18(23)16-5-6-17(27-16)28(24,25)22-9-7-21(8-10-22)12-13-3-4-14(20)11-15(13)19/h3-6,11H,2,7-10,12H2,1H3. The van der Waals surface area contributed by atoms with Crippen LogP contribution in [0.25, 0.3) is 0 Å². The number of sulfonamides is 1. The van der Waals surface area contributed by atoms with E-state index in [2.05, 4.69) is 20.8 Å². The second-order valence-electron chi connectivity index (χ2n) is 6.26. The van der Waals surface area contributed by atoms with Crippen molar-refractivity contribution in [1.29, 1.82) is 0 Å². The first-order valence-corrected chi connectivity index (χ1v) is 11.0. The van der Waals surface area contributed by atoms with Crippen LogP contribution in [0.5, 0.6) is 0 Å². The molecule has 1 aliphatic rings.